The number of nitrogens with one attached hydrogen (secondary N) is 1. The number of fused-ring (bicyclic) bond motifs is 1. The van der Waals surface area contributed by atoms with Crippen molar-refractivity contribution in [2.45, 2.75) is 70.6 Å². The van der Waals surface area contributed by atoms with E-state index in [9.17, 15) is 14.5 Å². The molecule has 0 radical (unpaired) electrons. The molecule has 6 atom stereocenters. The van der Waals surface area contributed by atoms with Crippen LogP contribution in [0.4, 0.5) is 14.6 Å². The Morgan fingerprint density at radius 2 is 1.90 bits per heavy atom. The highest BCUT2D eigenvalue weighted by molar-refractivity contribution is 7.52. The zero-order valence-electron chi connectivity index (χ0n) is 24.3. The van der Waals surface area contributed by atoms with Gasteiger partial charge in [-0.3, -0.25) is 13.9 Å². The van der Waals surface area contributed by atoms with E-state index in [-0.39, 0.29) is 11.4 Å². The summed E-state index contributed by atoms with van der Waals surface area (Å²) < 4.78 is 68.7. The van der Waals surface area contributed by atoms with Crippen molar-refractivity contribution in [2.24, 2.45) is 0 Å². The number of imidazole rings is 1. The van der Waals surface area contributed by atoms with E-state index in [0.717, 1.165) is 11.5 Å². The number of ether oxygens (including phenoxy) is 2. The molecule has 3 aromatic rings. The predicted molar refractivity (Wildman–Crippen MR) is 148 cm³/mol. The van der Waals surface area contributed by atoms with E-state index in [4.69, 9.17) is 18.5 Å². The first-order valence-corrected chi connectivity index (χ1v) is 14.7. The molecule has 2 N–H and O–H groups in total. The molecule has 230 valence electrons. The summed E-state index contributed by atoms with van der Waals surface area (Å²) in [5.41, 5.74) is -2.27. The van der Waals surface area contributed by atoms with Crippen LogP contribution < -0.4 is 14.5 Å². The highest BCUT2D eigenvalue weighted by Gasteiger charge is 2.65. The minimum Gasteiger partial charge on any atom is -0.462 e. The maximum Gasteiger partial charge on any atom is 0.459 e. The SMILES string of the molecule is Cc1nc(N(C)C)c2ncn([C@@H]3O[C@](F)(CO[P@@](=O)(N[C@H](C)C(=O)OC(C)C)Oc4ccccc4)[C@@H](O)[C@@]3(C)F)c2n1. The molecule has 13 nitrogen and oxygen atoms in total. The lowest BCUT2D eigenvalue weighted by molar-refractivity contribution is -0.202. The van der Waals surface area contributed by atoms with E-state index >= 15 is 8.78 Å². The topological polar surface area (TPSA) is 150 Å². The number of nitrogens with zero attached hydrogens (tertiary/aromatic N) is 5. The van der Waals surface area contributed by atoms with Crippen LogP contribution in [0.1, 0.15) is 39.7 Å². The fraction of sp³-hybridized carbons (Fsp3) is 0.538. The summed E-state index contributed by atoms with van der Waals surface area (Å²) in [7, 11) is -1.07. The van der Waals surface area contributed by atoms with Gasteiger partial charge < -0.3 is 24.0 Å². The number of carbonyl (C=O) groups excluding carboxylic acids is 1. The third-order valence-electron chi connectivity index (χ3n) is 6.38. The first-order valence-electron chi connectivity index (χ1n) is 13.2. The summed E-state index contributed by atoms with van der Waals surface area (Å²) in [5, 5.41) is 13.2. The second-order valence-electron chi connectivity index (χ2n) is 10.6. The molecule has 2 aromatic heterocycles. The van der Waals surface area contributed by atoms with Crippen LogP contribution in [-0.2, 0) is 23.4 Å². The number of alkyl halides is 2. The third kappa shape index (κ3) is 6.40. The van der Waals surface area contributed by atoms with E-state index in [1.807, 2.05) is 0 Å². The smallest absolute Gasteiger partial charge is 0.459 e. The average Bonchev–Trinajstić information content (AvgIpc) is 3.39. The van der Waals surface area contributed by atoms with Crippen LogP contribution in [0.5, 0.6) is 5.75 Å². The summed E-state index contributed by atoms with van der Waals surface area (Å²) in [5.74, 6) is -3.12. The van der Waals surface area contributed by atoms with Crippen molar-refractivity contribution in [3.8, 4) is 5.75 Å². The van der Waals surface area contributed by atoms with Crippen molar-refractivity contribution >= 4 is 30.7 Å². The van der Waals surface area contributed by atoms with Crippen LogP contribution in [0, 0.1) is 6.92 Å². The summed E-state index contributed by atoms with van der Waals surface area (Å²) >= 11 is 0. The molecule has 0 amide bonds. The number of anilines is 1. The Balaban J connectivity index is 1.62. The van der Waals surface area contributed by atoms with Crippen molar-refractivity contribution in [2.75, 3.05) is 25.6 Å². The second-order valence-corrected chi connectivity index (χ2v) is 12.3. The Kier molecular flexibility index (Phi) is 8.91. The Morgan fingerprint density at radius 3 is 2.52 bits per heavy atom. The number of benzene rings is 1. The van der Waals surface area contributed by atoms with Crippen LogP contribution in [0.3, 0.4) is 0 Å². The van der Waals surface area contributed by atoms with Gasteiger partial charge in [0.2, 0.25) is 0 Å². The zero-order chi connectivity index (χ0) is 31.0. The Bertz CT molecular complexity index is 1470. The zero-order valence-corrected chi connectivity index (χ0v) is 25.2. The van der Waals surface area contributed by atoms with Gasteiger partial charge in [-0.1, -0.05) is 18.2 Å². The molecule has 16 heteroatoms. The molecule has 0 bridgehead atoms. The van der Waals surface area contributed by atoms with Gasteiger partial charge in [0.1, 0.15) is 24.2 Å². The monoisotopic (exact) mass is 612 g/mol. The number of aromatic nitrogens is 4. The summed E-state index contributed by atoms with van der Waals surface area (Å²) in [6, 6.07) is 6.59. The van der Waals surface area contributed by atoms with Gasteiger partial charge in [0.25, 0.3) is 5.85 Å². The summed E-state index contributed by atoms with van der Waals surface area (Å²) in [6.07, 6.45) is -3.41. The number of esters is 1. The molecule has 1 aliphatic heterocycles. The van der Waals surface area contributed by atoms with Gasteiger partial charge in [-0.15, -0.1) is 0 Å². The van der Waals surface area contributed by atoms with Crippen molar-refractivity contribution in [1.29, 1.82) is 0 Å². The standard InChI is InChI=1S/C26H35F2N6O7P/c1-15(2)39-22(35)16(3)32-42(37,41-18-11-9-8-10-12-18)38-13-26(28)23(36)25(5,27)24(40-26)34-14-29-19-20(33(6)7)30-17(4)31-21(19)34/h8-12,14-16,23-24,36H,13H2,1-7H3,(H,32,37)/t16-,23+,24-,25-,26-,42+/m1/s1. The van der Waals surface area contributed by atoms with Gasteiger partial charge in [0.15, 0.2) is 35.0 Å². The van der Waals surface area contributed by atoms with Crippen LogP contribution in [-0.4, -0.2) is 81.1 Å². The predicted octanol–water partition coefficient (Wildman–Crippen LogP) is 3.62. The fourth-order valence-electron chi connectivity index (χ4n) is 4.36. The number of halogens is 2. The van der Waals surface area contributed by atoms with Gasteiger partial charge in [0.05, 0.1) is 12.4 Å². The van der Waals surface area contributed by atoms with E-state index in [0.29, 0.717) is 17.2 Å². The van der Waals surface area contributed by atoms with E-state index in [1.54, 1.807) is 58.0 Å². The first-order chi connectivity index (χ1) is 19.6. The molecular weight excluding hydrogens is 577 g/mol. The number of rotatable bonds is 11. The maximum atomic E-state index is 16.3. The number of aryl methyl sites for hydroxylation is 1. The van der Waals surface area contributed by atoms with Crippen LogP contribution >= 0.6 is 7.75 Å². The number of hydrogen-bond donors (Lipinski definition) is 2. The molecular formula is C26H35F2N6O7P. The maximum absolute atomic E-state index is 16.3. The lowest BCUT2D eigenvalue weighted by atomic mass is 9.97. The summed E-state index contributed by atoms with van der Waals surface area (Å²) in [4.78, 5) is 27.0. The normalized spacial score (nSPS) is 26.3. The van der Waals surface area contributed by atoms with Crippen molar-refractivity contribution < 1.29 is 41.8 Å². The van der Waals surface area contributed by atoms with Crippen LogP contribution in [0.15, 0.2) is 36.7 Å². The van der Waals surface area contributed by atoms with E-state index in [1.165, 1.54) is 25.4 Å². The van der Waals surface area contributed by atoms with Gasteiger partial charge in [-0.2, -0.15) is 5.09 Å². The average molecular weight is 613 g/mol. The van der Waals surface area contributed by atoms with E-state index in [2.05, 4.69) is 20.0 Å². The van der Waals surface area contributed by atoms with Gasteiger partial charge in [-0.05, 0) is 46.8 Å². The number of para-hydroxylation sites is 1. The minimum absolute atomic E-state index is 0.0726. The molecule has 0 unspecified atom stereocenters. The molecule has 0 spiro atoms. The molecule has 1 saturated heterocycles. The minimum atomic E-state index is -4.55. The molecule has 1 aromatic carbocycles. The quantitative estimate of drug-likeness (QED) is 0.241. The molecule has 4 rings (SSSR count). The number of aliphatic hydroxyl groups is 1. The van der Waals surface area contributed by atoms with Crippen molar-refractivity contribution in [3.05, 3.63) is 42.5 Å². The third-order valence-corrected chi connectivity index (χ3v) is 8.01. The Morgan fingerprint density at radius 1 is 1.24 bits per heavy atom. The second kappa shape index (κ2) is 11.8. The van der Waals surface area contributed by atoms with Gasteiger partial charge in [0, 0.05) is 14.1 Å². The van der Waals surface area contributed by atoms with Gasteiger partial charge >= 0.3 is 13.7 Å². The number of carbonyl (C=O) groups is 1. The van der Waals surface area contributed by atoms with Crippen LogP contribution in [0.25, 0.3) is 11.2 Å². The molecule has 0 aliphatic carbocycles. The lowest BCUT2D eigenvalue weighted by Gasteiger charge is -2.28. The molecule has 0 saturated carbocycles. The fourth-order valence-corrected chi connectivity index (χ4v) is 5.87. The number of aliphatic hydroxyl groups excluding tert-OH is 1. The molecule has 3 heterocycles. The van der Waals surface area contributed by atoms with Crippen LogP contribution in [0.2, 0.25) is 0 Å². The number of hydrogen-bond acceptors (Lipinski definition) is 11. The highest BCUT2D eigenvalue weighted by Crippen LogP contribution is 2.52. The Hall–Kier alpha value is -3.23. The van der Waals surface area contributed by atoms with E-state index < -0.39 is 56.3 Å². The van der Waals surface area contributed by atoms with Crippen molar-refractivity contribution in [1.82, 2.24) is 24.6 Å². The molecule has 1 fully saturated rings. The van der Waals surface area contributed by atoms with Gasteiger partial charge in [-0.25, -0.2) is 28.3 Å². The molecule has 42 heavy (non-hydrogen) atoms. The Labute approximate surface area is 241 Å². The highest BCUT2D eigenvalue weighted by atomic mass is 31.2. The lowest BCUT2D eigenvalue weighted by Crippen LogP contribution is -2.47. The first kappa shape index (κ1) is 31.7. The summed E-state index contributed by atoms with van der Waals surface area (Å²) in [6.45, 7) is 5.97. The van der Waals surface area contributed by atoms with Crippen molar-refractivity contribution in [3.63, 3.8) is 0 Å². The largest absolute Gasteiger partial charge is 0.462 e. The molecule has 1 aliphatic rings.